The molecule has 0 aliphatic heterocycles. The molecule has 0 radical (unpaired) electrons. The molecule has 2 rings (SSSR count). The normalized spacial score (nSPS) is 11.3. The molecule has 1 aromatic carbocycles. The molecule has 0 fully saturated rings. The SMILES string of the molecule is Cc1cc(NC(=O)CNS(=O)(=O)c2ccccc2C)no1. The minimum absolute atomic E-state index is 0.148. The van der Waals surface area contributed by atoms with Crippen LogP contribution in [-0.2, 0) is 14.8 Å². The second-order valence-corrected chi connectivity index (χ2v) is 6.20. The van der Waals surface area contributed by atoms with Crippen molar-refractivity contribution >= 4 is 21.7 Å². The third-order valence-electron chi connectivity index (χ3n) is 2.70. The summed E-state index contributed by atoms with van der Waals surface area (Å²) in [5.41, 5.74) is 0.609. The van der Waals surface area contributed by atoms with Gasteiger partial charge in [0.05, 0.1) is 11.4 Å². The van der Waals surface area contributed by atoms with Crippen molar-refractivity contribution in [2.24, 2.45) is 0 Å². The minimum Gasteiger partial charge on any atom is -0.360 e. The Morgan fingerprint density at radius 1 is 1.29 bits per heavy atom. The van der Waals surface area contributed by atoms with Gasteiger partial charge in [-0.25, -0.2) is 13.1 Å². The Bertz CT molecular complexity index is 752. The number of benzene rings is 1. The second-order valence-electron chi connectivity index (χ2n) is 4.46. The van der Waals surface area contributed by atoms with Crippen LogP contribution in [0.4, 0.5) is 5.82 Å². The summed E-state index contributed by atoms with van der Waals surface area (Å²) in [5, 5.41) is 6.02. The number of rotatable bonds is 5. The largest absolute Gasteiger partial charge is 0.360 e. The number of aryl methyl sites for hydroxylation is 2. The van der Waals surface area contributed by atoms with Gasteiger partial charge >= 0.3 is 0 Å². The van der Waals surface area contributed by atoms with E-state index in [2.05, 4.69) is 15.2 Å². The van der Waals surface area contributed by atoms with Crippen molar-refractivity contribution in [3.8, 4) is 0 Å². The molecule has 0 saturated carbocycles. The summed E-state index contributed by atoms with van der Waals surface area (Å²) < 4.78 is 31.2. The summed E-state index contributed by atoms with van der Waals surface area (Å²) in [7, 11) is -3.73. The number of carbonyl (C=O) groups excluding carboxylic acids is 1. The van der Waals surface area contributed by atoms with Crippen molar-refractivity contribution in [2.75, 3.05) is 11.9 Å². The van der Waals surface area contributed by atoms with Crippen molar-refractivity contribution in [1.29, 1.82) is 0 Å². The minimum atomic E-state index is -3.73. The lowest BCUT2D eigenvalue weighted by molar-refractivity contribution is -0.115. The highest BCUT2D eigenvalue weighted by molar-refractivity contribution is 7.89. The lowest BCUT2D eigenvalue weighted by Gasteiger charge is -2.08. The number of nitrogens with zero attached hydrogens (tertiary/aromatic N) is 1. The van der Waals surface area contributed by atoms with Gasteiger partial charge in [-0.15, -0.1) is 0 Å². The summed E-state index contributed by atoms with van der Waals surface area (Å²) >= 11 is 0. The van der Waals surface area contributed by atoms with Crippen LogP contribution >= 0.6 is 0 Å². The molecule has 21 heavy (non-hydrogen) atoms. The zero-order valence-corrected chi connectivity index (χ0v) is 12.4. The first-order valence-corrected chi connectivity index (χ1v) is 7.65. The van der Waals surface area contributed by atoms with Gasteiger partial charge < -0.3 is 9.84 Å². The molecule has 1 aromatic heterocycles. The van der Waals surface area contributed by atoms with Gasteiger partial charge in [-0.05, 0) is 25.5 Å². The highest BCUT2D eigenvalue weighted by atomic mass is 32.2. The number of sulfonamides is 1. The van der Waals surface area contributed by atoms with E-state index in [0.717, 1.165) is 0 Å². The number of carbonyl (C=O) groups is 1. The van der Waals surface area contributed by atoms with Crippen molar-refractivity contribution in [3.63, 3.8) is 0 Å². The van der Waals surface area contributed by atoms with E-state index >= 15 is 0 Å². The van der Waals surface area contributed by atoms with E-state index in [0.29, 0.717) is 11.3 Å². The molecule has 8 heteroatoms. The molecule has 1 heterocycles. The summed E-state index contributed by atoms with van der Waals surface area (Å²) in [4.78, 5) is 11.8. The topological polar surface area (TPSA) is 101 Å². The van der Waals surface area contributed by atoms with Crippen LogP contribution in [0, 0.1) is 13.8 Å². The third-order valence-corrected chi connectivity index (χ3v) is 4.26. The average molecular weight is 309 g/mol. The fourth-order valence-corrected chi connectivity index (χ4v) is 2.93. The number of hydrogen-bond acceptors (Lipinski definition) is 5. The van der Waals surface area contributed by atoms with E-state index in [9.17, 15) is 13.2 Å². The van der Waals surface area contributed by atoms with Gasteiger partial charge in [0.2, 0.25) is 15.9 Å². The van der Waals surface area contributed by atoms with Crippen LogP contribution < -0.4 is 10.0 Å². The molecule has 0 aliphatic rings. The van der Waals surface area contributed by atoms with Crippen molar-refractivity contribution in [3.05, 3.63) is 41.7 Å². The number of amides is 1. The van der Waals surface area contributed by atoms with E-state index in [1.807, 2.05) is 0 Å². The van der Waals surface area contributed by atoms with E-state index in [1.54, 1.807) is 32.0 Å². The van der Waals surface area contributed by atoms with Gasteiger partial charge in [-0.1, -0.05) is 23.4 Å². The lowest BCUT2D eigenvalue weighted by atomic mass is 10.2. The predicted octanol–water partition coefficient (Wildman–Crippen LogP) is 1.21. The Kier molecular flexibility index (Phi) is 4.39. The maximum Gasteiger partial charge on any atom is 0.241 e. The average Bonchev–Trinajstić information content (AvgIpc) is 2.82. The molecule has 0 saturated heterocycles. The molecule has 0 atom stereocenters. The molecule has 0 unspecified atom stereocenters. The van der Waals surface area contributed by atoms with Gasteiger partial charge in [0.15, 0.2) is 5.82 Å². The smallest absolute Gasteiger partial charge is 0.241 e. The Hall–Kier alpha value is -2.19. The summed E-state index contributed by atoms with van der Waals surface area (Å²) in [6.07, 6.45) is 0. The maximum absolute atomic E-state index is 12.1. The first-order valence-electron chi connectivity index (χ1n) is 6.17. The van der Waals surface area contributed by atoms with Crippen molar-refractivity contribution in [1.82, 2.24) is 9.88 Å². The van der Waals surface area contributed by atoms with E-state index in [4.69, 9.17) is 4.52 Å². The standard InChI is InChI=1S/C13H15N3O4S/c1-9-5-3-4-6-11(9)21(18,19)14-8-13(17)15-12-7-10(2)20-16-12/h3-7,14H,8H2,1-2H3,(H,15,16,17). The number of hydrogen-bond donors (Lipinski definition) is 2. The zero-order chi connectivity index (χ0) is 15.5. The third kappa shape index (κ3) is 3.89. The Morgan fingerprint density at radius 3 is 2.62 bits per heavy atom. The van der Waals surface area contributed by atoms with Crippen molar-refractivity contribution in [2.45, 2.75) is 18.7 Å². The van der Waals surface area contributed by atoms with Gasteiger partial charge in [0, 0.05) is 6.07 Å². The molecule has 0 aliphatic carbocycles. The van der Waals surface area contributed by atoms with Crippen LogP contribution in [0.15, 0.2) is 39.8 Å². The van der Waals surface area contributed by atoms with Crippen LogP contribution in [0.1, 0.15) is 11.3 Å². The highest BCUT2D eigenvalue weighted by Gasteiger charge is 2.17. The summed E-state index contributed by atoms with van der Waals surface area (Å²) in [5.74, 6) is 0.263. The molecular formula is C13H15N3O4S. The van der Waals surface area contributed by atoms with Crippen LogP contribution in [0.5, 0.6) is 0 Å². The fourth-order valence-electron chi connectivity index (χ4n) is 1.71. The quantitative estimate of drug-likeness (QED) is 0.864. The van der Waals surface area contributed by atoms with Gasteiger partial charge in [0.1, 0.15) is 5.76 Å². The fraction of sp³-hybridized carbons (Fsp3) is 0.231. The predicted molar refractivity (Wildman–Crippen MR) is 76.2 cm³/mol. The van der Waals surface area contributed by atoms with E-state index in [1.165, 1.54) is 12.1 Å². The molecule has 0 bridgehead atoms. The molecule has 112 valence electrons. The van der Waals surface area contributed by atoms with Crippen molar-refractivity contribution < 1.29 is 17.7 Å². The Balaban J connectivity index is 1.99. The van der Waals surface area contributed by atoms with Gasteiger partial charge in [-0.3, -0.25) is 4.79 Å². The molecule has 2 N–H and O–H groups in total. The molecule has 1 amide bonds. The van der Waals surface area contributed by atoms with E-state index in [-0.39, 0.29) is 17.3 Å². The van der Waals surface area contributed by atoms with E-state index < -0.39 is 15.9 Å². The van der Waals surface area contributed by atoms with Gasteiger partial charge in [-0.2, -0.15) is 0 Å². The summed E-state index contributed by atoms with van der Waals surface area (Å²) in [6.45, 7) is 2.99. The first-order chi connectivity index (χ1) is 9.88. The zero-order valence-electron chi connectivity index (χ0n) is 11.6. The van der Waals surface area contributed by atoms with Gasteiger partial charge in [0.25, 0.3) is 0 Å². The number of anilines is 1. The van der Waals surface area contributed by atoms with Crippen LogP contribution in [-0.4, -0.2) is 26.0 Å². The Morgan fingerprint density at radius 2 is 2.00 bits per heavy atom. The molecule has 0 spiro atoms. The highest BCUT2D eigenvalue weighted by Crippen LogP contribution is 2.13. The summed E-state index contributed by atoms with van der Waals surface area (Å²) in [6, 6.07) is 8.07. The first kappa shape index (κ1) is 15.2. The molecular weight excluding hydrogens is 294 g/mol. The van der Waals surface area contributed by atoms with Crippen LogP contribution in [0.25, 0.3) is 0 Å². The molecule has 2 aromatic rings. The van der Waals surface area contributed by atoms with Crippen LogP contribution in [0.3, 0.4) is 0 Å². The lowest BCUT2D eigenvalue weighted by Crippen LogP contribution is -2.33. The monoisotopic (exact) mass is 309 g/mol. The molecule has 7 nitrogen and oxygen atoms in total. The van der Waals surface area contributed by atoms with Crippen LogP contribution in [0.2, 0.25) is 0 Å². The maximum atomic E-state index is 12.1. The number of aromatic nitrogens is 1. The number of nitrogens with one attached hydrogen (secondary N) is 2. The Labute approximate surface area is 122 Å². The second kappa shape index (κ2) is 6.06.